The fourth-order valence-corrected chi connectivity index (χ4v) is 3.22. The number of pyridine rings is 1. The first kappa shape index (κ1) is 14.9. The van der Waals surface area contributed by atoms with Crippen LogP contribution in [0.5, 0.6) is 0 Å². The number of hydrogen-bond donors (Lipinski definition) is 0. The summed E-state index contributed by atoms with van der Waals surface area (Å²) in [7, 11) is 0. The molecule has 0 N–H and O–H groups in total. The topological polar surface area (TPSA) is 59.2 Å². The lowest BCUT2D eigenvalue weighted by atomic mass is 10.0. The summed E-state index contributed by atoms with van der Waals surface area (Å²) in [4.78, 5) is 23.6. The molecule has 0 unspecified atom stereocenters. The Bertz CT molecular complexity index is 837. The van der Waals surface area contributed by atoms with Crippen molar-refractivity contribution < 1.29 is 9.21 Å². The average molecular weight is 321 g/mol. The fraction of sp³-hybridized carbons (Fsp3) is 0.316. The van der Waals surface area contributed by atoms with Gasteiger partial charge in [0.15, 0.2) is 5.58 Å². The number of para-hydroxylation sites is 2. The van der Waals surface area contributed by atoms with Gasteiger partial charge in [-0.05, 0) is 50.5 Å². The molecule has 1 amide bonds. The van der Waals surface area contributed by atoms with Gasteiger partial charge in [-0.2, -0.15) is 0 Å². The number of nitrogens with zero attached hydrogens (tertiary/aromatic N) is 3. The highest BCUT2D eigenvalue weighted by molar-refractivity contribution is 5.94. The molecule has 4 rings (SSSR count). The highest BCUT2D eigenvalue weighted by Gasteiger charge is 2.32. The van der Waals surface area contributed by atoms with E-state index >= 15 is 0 Å². The van der Waals surface area contributed by atoms with Crippen LogP contribution in [-0.4, -0.2) is 27.3 Å². The third-order valence-corrected chi connectivity index (χ3v) is 4.52. The molecule has 1 aliphatic heterocycles. The molecule has 1 aliphatic rings. The molecule has 1 aromatic carbocycles. The van der Waals surface area contributed by atoms with E-state index in [0.717, 1.165) is 42.6 Å². The number of likely N-dealkylation sites (tertiary alicyclic amines) is 1. The van der Waals surface area contributed by atoms with Crippen LogP contribution in [-0.2, 0) is 0 Å². The minimum absolute atomic E-state index is 0.00513. The van der Waals surface area contributed by atoms with Gasteiger partial charge in [-0.15, -0.1) is 0 Å². The van der Waals surface area contributed by atoms with Crippen molar-refractivity contribution in [3.8, 4) is 0 Å². The van der Waals surface area contributed by atoms with Crippen molar-refractivity contribution in [2.24, 2.45) is 0 Å². The Balaban J connectivity index is 1.67. The average Bonchev–Trinajstić information content (AvgIpc) is 3.06. The first-order valence-electron chi connectivity index (χ1n) is 8.31. The number of hydrogen-bond acceptors (Lipinski definition) is 4. The van der Waals surface area contributed by atoms with Gasteiger partial charge in [0.1, 0.15) is 11.6 Å². The van der Waals surface area contributed by atoms with Crippen molar-refractivity contribution >= 4 is 17.0 Å². The lowest BCUT2D eigenvalue weighted by molar-refractivity contribution is 0.0574. The first-order chi connectivity index (χ1) is 11.7. The van der Waals surface area contributed by atoms with Gasteiger partial charge in [0.05, 0.1) is 5.56 Å². The highest BCUT2D eigenvalue weighted by Crippen LogP contribution is 2.33. The quantitative estimate of drug-likeness (QED) is 0.718. The van der Waals surface area contributed by atoms with E-state index in [9.17, 15) is 4.79 Å². The van der Waals surface area contributed by atoms with Gasteiger partial charge in [0.25, 0.3) is 5.91 Å². The van der Waals surface area contributed by atoms with Crippen molar-refractivity contribution in [3.63, 3.8) is 0 Å². The molecule has 0 radical (unpaired) electrons. The Hall–Kier alpha value is -2.69. The molecule has 2 aromatic heterocycles. The molecule has 1 saturated heterocycles. The molecular weight excluding hydrogens is 302 g/mol. The Morgan fingerprint density at radius 1 is 1.21 bits per heavy atom. The molecule has 0 bridgehead atoms. The second-order valence-corrected chi connectivity index (χ2v) is 6.22. The number of aryl methyl sites for hydroxylation is 1. The Labute approximate surface area is 140 Å². The normalized spacial score (nSPS) is 18.0. The van der Waals surface area contributed by atoms with Crippen LogP contribution < -0.4 is 0 Å². The van der Waals surface area contributed by atoms with E-state index < -0.39 is 0 Å². The van der Waals surface area contributed by atoms with E-state index in [1.807, 2.05) is 48.2 Å². The van der Waals surface area contributed by atoms with Crippen LogP contribution in [0.2, 0.25) is 0 Å². The monoisotopic (exact) mass is 321 g/mol. The van der Waals surface area contributed by atoms with Crippen molar-refractivity contribution in [1.82, 2.24) is 14.9 Å². The Kier molecular flexibility index (Phi) is 3.76. The van der Waals surface area contributed by atoms with Gasteiger partial charge in [0, 0.05) is 18.4 Å². The summed E-state index contributed by atoms with van der Waals surface area (Å²) in [5, 5.41) is 0. The van der Waals surface area contributed by atoms with E-state index in [4.69, 9.17) is 4.42 Å². The smallest absolute Gasteiger partial charge is 0.256 e. The zero-order chi connectivity index (χ0) is 16.5. The number of piperidine rings is 1. The molecule has 3 heterocycles. The van der Waals surface area contributed by atoms with Gasteiger partial charge >= 0.3 is 0 Å². The van der Waals surface area contributed by atoms with E-state index in [-0.39, 0.29) is 11.9 Å². The number of rotatable bonds is 2. The highest BCUT2D eigenvalue weighted by atomic mass is 16.3. The van der Waals surface area contributed by atoms with Gasteiger partial charge < -0.3 is 9.32 Å². The van der Waals surface area contributed by atoms with Crippen molar-refractivity contribution in [1.29, 1.82) is 0 Å². The maximum Gasteiger partial charge on any atom is 0.256 e. The first-order valence-corrected chi connectivity index (χ1v) is 8.31. The fourth-order valence-electron chi connectivity index (χ4n) is 3.22. The largest absolute Gasteiger partial charge is 0.438 e. The molecule has 24 heavy (non-hydrogen) atoms. The lowest BCUT2D eigenvalue weighted by Gasteiger charge is -2.33. The summed E-state index contributed by atoms with van der Waals surface area (Å²) in [6.45, 7) is 2.63. The van der Waals surface area contributed by atoms with Crippen LogP contribution in [0.3, 0.4) is 0 Å². The minimum atomic E-state index is -0.111. The summed E-state index contributed by atoms with van der Waals surface area (Å²) in [6.07, 6.45) is 4.59. The van der Waals surface area contributed by atoms with Crippen LogP contribution in [0.1, 0.15) is 47.2 Å². The minimum Gasteiger partial charge on any atom is -0.438 e. The van der Waals surface area contributed by atoms with Crippen LogP contribution in [0.25, 0.3) is 11.1 Å². The summed E-state index contributed by atoms with van der Waals surface area (Å²) >= 11 is 0. The molecule has 3 aromatic rings. The van der Waals surface area contributed by atoms with E-state index in [1.165, 1.54) is 0 Å². The van der Waals surface area contributed by atoms with E-state index in [1.54, 1.807) is 6.20 Å². The summed E-state index contributed by atoms with van der Waals surface area (Å²) in [5.41, 5.74) is 3.12. The number of carbonyl (C=O) groups is 1. The van der Waals surface area contributed by atoms with Gasteiger partial charge in [-0.1, -0.05) is 12.1 Å². The van der Waals surface area contributed by atoms with E-state index in [0.29, 0.717) is 11.5 Å². The van der Waals surface area contributed by atoms with Crippen molar-refractivity contribution in [2.45, 2.75) is 32.2 Å². The molecule has 1 atom stereocenters. The molecule has 0 spiro atoms. The van der Waals surface area contributed by atoms with Crippen LogP contribution in [0, 0.1) is 6.92 Å². The second-order valence-electron chi connectivity index (χ2n) is 6.22. The molecule has 0 aliphatic carbocycles. The number of benzene rings is 1. The predicted octanol–water partition coefficient (Wildman–Crippen LogP) is 3.90. The maximum absolute atomic E-state index is 12.9. The molecule has 5 nitrogen and oxygen atoms in total. The molecular formula is C19H19N3O2. The summed E-state index contributed by atoms with van der Waals surface area (Å²) in [6, 6.07) is 11.3. The van der Waals surface area contributed by atoms with Crippen molar-refractivity contribution in [3.05, 3.63) is 59.7 Å². The number of aromatic nitrogens is 2. The Morgan fingerprint density at radius 2 is 2.08 bits per heavy atom. The zero-order valence-electron chi connectivity index (χ0n) is 13.6. The van der Waals surface area contributed by atoms with E-state index in [2.05, 4.69) is 9.97 Å². The lowest BCUT2D eigenvalue weighted by Crippen LogP contribution is -2.38. The zero-order valence-corrected chi connectivity index (χ0v) is 13.6. The number of oxazole rings is 1. The molecule has 122 valence electrons. The molecule has 5 heteroatoms. The third-order valence-electron chi connectivity index (χ3n) is 4.52. The molecule has 1 fully saturated rings. The number of fused-ring (bicyclic) bond motifs is 1. The maximum atomic E-state index is 12.9. The third kappa shape index (κ3) is 2.66. The van der Waals surface area contributed by atoms with Gasteiger partial charge in [0.2, 0.25) is 5.89 Å². The SMILES string of the molecule is Cc1ccc(C(=O)N2CCCC[C@@H]2c2nc3ccccc3o2)cn1. The summed E-state index contributed by atoms with van der Waals surface area (Å²) in [5.74, 6) is 0.624. The standard InChI is InChI=1S/C19H19N3O2/c1-13-9-10-14(12-20-13)19(23)22-11-5-4-7-16(22)18-21-15-6-2-3-8-17(15)24-18/h2-3,6,8-10,12,16H,4-5,7,11H2,1H3/t16-/m1/s1. The number of amides is 1. The van der Waals surface area contributed by atoms with Crippen molar-refractivity contribution in [2.75, 3.05) is 6.54 Å². The van der Waals surface area contributed by atoms with Crippen LogP contribution in [0.4, 0.5) is 0 Å². The second kappa shape index (κ2) is 6.07. The predicted molar refractivity (Wildman–Crippen MR) is 90.6 cm³/mol. The Morgan fingerprint density at radius 3 is 2.88 bits per heavy atom. The summed E-state index contributed by atoms with van der Waals surface area (Å²) < 4.78 is 5.92. The van der Waals surface area contributed by atoms with Crippen LogP contribution >= 0.6 is 0 Å². The van der Waals surface area contributed by atoms with Crippen LogP contribution in [0.15, 0.2) is 47.0 Å². The molecule has 0 saturated carbocycles. The number of carbonyl (C=O) groups excluding carboxylic acids is 1. The van der Waals surface area contributed by atoms with Gasteiger partial charge in [-0.25, -0.2) is 4.98 Å². The van der Waals surface area contributed by atoms with Gasteiger partial charge in [-0.3, -0.25) is 9.78 Å².